The van der Waals surface area contributed by atoms with Crippen molar-refractivity contribution < 1.29 is 18.0 Å². The molecule has 0 saturated heterocycles. The van der Waals surface area contributed by atoms with Gasteiger partial charge in [0.05, 0.1) is 16.3 Å². The van der Waals surface area contributed by atoms with Crippen LogP contribution in [-0.2, 0) is 6.18 Å². The number of halogens is 3. The van der Waals surface area contributed by atoms with Crippen LogP contribution in [0, 0.1) is 6.92 Å². The van der Waals surface area contributed by atoms with Gasteiger partial charge in [0, 0.05) is 22.2 Å². The minimum absolute atomic E-state index is 0.155. The minimum Gasteiger partial charge on any atom is -0.322 e. The first-order valence-corrected chi connectivity index (χ1v) is 8.22. The Bertz CT molecular complexity index is 901. The summed E-state index contributed by atoms with van der Waals surface area (Å²) in [5.74, 6) is -0.472. The molecule has 1 aromatic heterocycles. The lowest BCUT2D eigenvalue weighted by atomic mass is 10.1. The topological polar surface area (TPSA) is 42.0 Å². The second kappa shape index (κ2) is 6.68. The number of aryl methyl sites for hydroxylation is 1. The molecule has 0 spiro atoms. The average Bonchev–Trinajstić information content (AvgIpc) is 3.01. The molecule has 3 rings (SSSR count). The van der Waals surface area contributed by atoms with Crippen molar-refractivity contribution in [1.82, 2.24) is 4.98 Å². The second-order valence-electron chi connectivity index (χ2n) is 5.36. The molecule has 0 aliphatic heterocycles. The number of anilines is 1. The molecule has 0 atom stereocenters. The van der Waals surface area contributed by atoms with Crippen molar-refractivity contribution in [3.05, 3.63) is 70.0 Å². The number of alkyl halides is 3. The summed E-state index contributed by atoms with van der Waals surface area (Å²) in [4.78, 5) is 16.6. The number of thiazole rings is 1. The van der Waals surface area contributed by atoms with Crippen LogP contribution in [0.15, 0.2) is 53.9 Å². The van der Waals surface area contributed by atoms with Crippen LogP contribution in [0.4, 0.5) is 18.9 Å². The molecule has 1 N–H and O–H groups in total. The van der Waals surface area contributed by atoms with Crippen LogP contribution in [0.1, 0.15) is 20.9 Å². The van der Waals surface area contributed by atoms with Crippen LogP contribution in [0.3, 0.4) is 0 Å². The fourth-order valence-electron chi connectivity index (χ4n) is 2.27. The number of hydrogen-bond acceptors (Lipinski definition) is 3. The maximum atomic E-state index is 12.6. The van der Waals surface area contributed by atoms with E-state index in [9.17, 15) is 18.0 Å². The lowest BCUT2D eigenvalue weighted by molar-refractivity contribution is -0.137. The van der Waals surface area contributed by atoms with E-state index in [2.05, 4.69) is 10.3 Å². The van der Waals surface area contributed by atoms with E-state index >= 15 is 0 Å². The lowest BCUT2D eigenvalue weighted by Crippen LogP contribution is -2.12. The van der Waals surface area contributed by atoms with Crippen molar-refractivity contribution >= 4 is 22.9 Å². The molecule has 3 aromatic rings. The van der Waals surface area contributed by atoms with Crippen molar-refractivity contribution in [2.75, 3.05) is 5.32 Å². The minimum atomic E-state index is -4.42. The van der Waals surface area contributed by atoms with Gasteiger partial charge in [-0.15, -0.1) is 11.3 Å². The molecular formula is C18H13F3N2OS. The van der Waals surface area contributed by atoms with Crippen LogP contribution < -0.4 is 5.32 Å². The lowest BCUT2D eigenvalue weighted by Gasteiger charge is -2.09. The number of carbonyl (C=O) groups is 1. The fourth-order valence-corrected chi connectivity index (χ4v) is 2.89. The van der Waals surface area contributed by atoms with E-state index in [0.717, 1.165) is 40.5 Å². The van der Waals surface area contributed by atoms with Crippen molar-refractivity contribution in [1.29, 1.82) is 0 Å². The standard InChI is InChI=1S/C18H13F3N2OS/c1-11-22-16(10-25-11)13-3-2-4-15(9-13)23-17(24)12-5-7-14(8-6-12)18(19,20)21/h2-10H,1H3,(H,23,24). The highest BCUT2D eigenvalue weighted by atomic mass is 32.1. The Morgan fingerprint density at radius 3 is 2.44 bits per heavy atom. The van der Waals surface area contributed by atoms with Gasteiger partial charge in [0.25, 0.3) is 5.91 Å². The summed E-state index contributed by atoms with van der Waals surface area (Å²) >= 11 is 1.53. The first-order chi connectivity index (χ1) is 11.8. The van der Waals surface area contributed by atoms with E-state index in [4.69, 9.17) is 0 Å². The fraction of sp³-hybridized carbons (Fsp3) is 0.111. The molecule has 0 radical (unpaired) electrons. The molecule has 1 heterocycles. The molecule has 0 saturated carbocycles. The van der Waals surface area contributed by atoms with E-state index in [0.29, 0.717) is 5.69 Å². The third kappa shape index (κ3) is 4.06. The number of nitrogens with zero attached hydrogens (tertiary/aromatic N) is 1. The maximum Gasteiger partial charge on any atom is 0.416 e. The Hall–Kier alpha value is -2.67. The average molecular weight is 362 g/mol. The molecule has 0 aliphatic rings. The summed E-state index contributed by atoms with van der Waals surface area (Å²) in [5, 5.41) is 5.55. The second-order valence-corrected chi connectivity index (χ2v) is 6.42. The zero-order valence-corrected chi connectivity index (χ0v) is 13.9. The predicted molar refractivity (Wildman–Crippen MR) is 91.7 cm³/mol. The van der Waals surface area contributed by atoms with Crippen molar-refractivity contribution in [2.45, 2.75) is 13.1 Å². The molecule has 0 bridgehead atoms. The van der Waals surface area contributed by atoms with Gasteiger partial charge >= 0.3 is 6.18 Å². The Balaban J connectivity index is 1.77. The highest BCUT2D eigenvalue weighted by molar-refractivity contribution is 7.09. The molecular weight excluding hydrogens is 349 g/mol. The van der Waals surface area contributed by atoms with Crippen LogP contribution in [0.25, 0.3) is 11.3 Å². The van der Waals surface area contributed by atoms with Gasteiger partial charge in [-0.3, -0.25) is 4.79 Å². The molecule has 1 amide bonds. The number of carbonyl (C=O) groups excluding carboxylic acids is 1. The zero-order valence-electron chi connectivity index (χ0n) is 13.1. The normalized spacial score (nSPS) is 11.4. The quantitative estimate of drug-likeness (QED) is 0.679. The van der Waals surface area contributed by atoms with Crippen molar-refractivity contribution in [2.24, 2.45) is 0 Å². The van der Waals surface area contributed by atoms with Crippen LogP contribution in [0.5, 0.6) is 0 Å². The van der Waals surface area contributed by atoms with Crippen LogP contribution in [0.2, 0.25) is 0 Å². The van der Waals surface area contributed by atoms with Gasteiger partial charge in [-0.25, -0.2) is 4.98 Å². The summed E-state index contributed by atoms with van der Waals surface area (Å²) in [6.07, 6.45) is -4.42. The van der Waals surface area contributed by atoms with Gasteiger partial charge < -0.3 is 5.32 Å². The zero-order chi connectivity index (χ0) is 18.0. The smallest absolute Gasteiger partial charge is 0.322 e. The Morgan fingerprint density at radius 1 is 1.12 bits per heavy atom. The molecule has 128 valence electrons. The Morgan fingerprint density at radius 2 is 1.84 bits per heavy atom. The number of aromatic nitrogens is 1. The Labute approximate surface area is 146 Å². The summed E-state index contributed by atoms with van der Waals surface area (Å²) in [6.45, 7) is 1.91. The molecule has 7 heteroatoms. The highest BCUT2D eigenvalue weighted by Gasteiger charge is 2.30. The predicted octanol–water partition coefficient (Wildman–Crippen LogP) is 5.39. The van der Waals surface area contributed by atoms with Gasteiger partial charge in [0.2, 0.25) is 0 Å². The third-order valence-corrected chi connectivity index (χ3v) is 4.28. The van der Waals surface area contributed by atoms with E-state index in [1.807, 2.05) is 18.4 Å². The summed E-state index contributed by atoms with van der Waals surface area (Å²) in [7, 11) is 0. The van der Waals surface area contributed by atoms with E-state index < -0.39 is 17.6 Å². The number of benzene rings is 2. The third-order valence-electron chi connectivity index (χ3n) is 3.51. The van der Waals surface area contributed by atoms with E-state index in [-0.39, 0.29) is 5.56 Å². The largest absolute Gasteiger partial charge is 0.416 e. The number of rotatable bonds is 3. The van der Waals surface area contributed by atoms with Crippen LogP contribution >= 0.6 is 11.3 Å². The van der Waals surface area contributed by atoms with E-state index in [1.165, 1.54) is 11.3 Å². The number of amides is 1. The molecule has 0 fully saturated rings. The van der Waals surface area contributed by atoms with Crippen molar-refractivity contribution in [3.63, 3.8) is 0 Å². The summed E-state index contributed by atoms with van der Waals surface area (Å²) < 4.78 is 37.7. The van der Waals surface area contributed by atoms with Gasteiger partial charge in [-0.1, -0.05) is 12.1 Å². The number of hydrogen-bond donors (Lipinski definition) is 1. The van der Waals surface area contributed by atoms with Gasteiger partial charge in [-0.05, 0) is 43.3 Å². The maximum absolute atomic E-state index is 12.6. The monoisotopic (exact) mass is 362 g/mol. The number of nitrogens with one attached hydrogen (secondary N) is 1. The SMILES string of the molecule is Cc1nc(-c2cccc(NC(=O)c3ccc(C(F)(F)F)cc3)c2)cs1. The molecule has 3 nitrogen and oxygen atoms in total. The van der Waals surface area contributed by atoms with Crippen molar-refractivity contribution in [3.8, 4) is 11.3 Å². The molecule has 0 aliphatic carbocycles. The Kier molecular flexibility index (Phi) is 4.59. The molecule has 25 heavy (non-hydrogen) atoms. The van der Waals surface area contributed by atoms with Gasteiger partial charge in [0.15, 0.2) is 0 Å². The van der Waals surface area contributed by atoms with Gasteiger partial charge in [0.1, 0.15) is 0 Å². The van der Waals surface area contributed by atoms with Gasteiger partial charge in [-0.2, -0.15) is 13.2 Å². The van der Waals surface area contributed by atoms with Crippen LogP contribution in [-0.4, -0.2) is 10.9 Å². The summed E-state index contributed by atoms with van der Waals surface area (Å²) in [5.41, 5.74) is 1.59. The summed E-state index contributed by atoms with van der Waals surface area (Å²) in [6, 6.07) is 11.3. The van der Waals surface area contributed by atoms with E-state index in [1.54, 1.807) is 18.2 Å². The first-order valence-electron chi connectivity index (χ1n) is 7.34. The highest BCUT2D eigenvalue weighted by Crippen LogP contribution is 2.29. The molecule has 2 aromatic carbocycles. The first kappa shape index (κ1) is 17.2. The molecule has 0 unspecified atom stereocenters.